The van der Waals surface area contributed by atoms with E-state index in [9.17, 15) is 14.4 Å². The summed E-state index contributed by atoms with van der Waals surface area (Å²) in [6, 6.07) is -0.590. The number of likely N-dealkylation sites (N-methyl/N-ethyl adjacent to an activating group) is 1. The number of amides is 2. The van der Waals surface area contributed by atoms with Crippen LogP contribution in [0.2, 0.25) is 0 Å². The maximum absolute atomic E-state index is 12.5. The maximum atomic E-state index is 12.5. The van der Waals surface area contributed by atoms with Gasteiger partial charge in [0.05, 0.1) is 5.56 Å². The number of rotatable bonds is 7. The molecule has 2 N–H and O–H groups in total. The van der Waals surface area contributed by atoms with Crippen LogP contribution in [-0.4, -0.2) is 43.1 Å². The Morgan fingerprint density at radius 1 is 1.52 bits per heavy atom. The largest absolute Gasteiger partial charge is 0.357 e. The van der Waals surface area contributed by atoms with Crippen molar-refractivity contribution < 1.29 is 14.4 Å². The van der Waals surface area contributed by atoms with Crippen molar-refractivity contribution in [1.82, 2.24) is 15.5 Å². The molecular weight excluding hydrogens is 290 g/mol. The van der Waals surface area contributed by atoms with Crippen LogP contribution >= 0.6 is 11.3 Å². The van der Waals surface area contributed by atoms with Gasteiger partial charge in [-0.3, -0.25) is 9.59 Å². The molecule has 0 aromatic carbocycles. The van der Waals surface area contributed by atoms with Crippen LogP contribution in [0.5, 0.6) is 0 Å². The fourth-order valence-electron chi connectivity index (χ4n) is 2.55. The van der Waals surface area contributed by atoms with Crippen molar-refractivity contribution in [1.29, 1.82) is 0 Å². The first-order chi connectivity index (χ1) is 10.1. The zero-order chi connectivity index (χ0) is 15.4. The van der Waals surface area contributed by atoms with Crippen molar-refractivity contribution in [3.63, 3.8) is 0 Å². The maximum Gasteiger partial charge on any atom is 0.256 e. The second-order valence-corrected chi connectivity index (χ2v) is 5.85. The van der Waals surface area contributed by atoms with Gasteiger partial charge in [-0.2, -0.15) is 0 Å². The van der Waals surface area contributed by atoms with E-state index in [4.69, 9.17) is 0 Å². The van der Waals surface area contributed by atoms with Gasteiger partial charge in [0, 0.05) is 36.8 Å². The summed E-state index contributed by atoms with van der Waals surface area (Å²) in [4.78, 5) is 37.8. The molecule has 2 amide bonds. The number of carbonyl (C=O) groups excluding carboxylic acids is 3. The molecule has 0 fully saturated rings. The number of hydrogen-bond acceptors (Lipinski definition) is 5. The van der Waals surface area contributed by atoms with Gasteiger partial charge in [0.1, 0.15) is 12.3 Å². The first kappa shape index (κ1) is 15.7. The Bertz CT molecular complexity index is 556. The van der Waals surface area contributed by atoms with E-state index in [1.165, 1.54) is 0 Å². The monoisotopic (exact) mass is 309 g/mol. The fourth-order valence-corrected chi connectivity index (χ4v) is 3.60. The number of hydrogen-bond donors (Lipinski definition) is 2. The molecule has 1 unspecified atom stereocenters. The quantitative estimate of drug-likeness (QED) is 0.720. The van der Waals surface area contributed by atoms with Crippen LogP contribution in [0.15, 0.2) is 5.38 Å². The SMILES string of the molecule is CNCc1scc2c1CN(C(CCC=O)C(=O)NC)C2=O. The Morgan fingerprint density at radius 2 is 2.29 bits per heavy atom. The molecule has 21 heavy (non-hydrogen) atoms. The minimum absolute atomic E-state index is 0.122. The van der Waals surface area contributed by atoms with Crippen LogP contribution in [-0.2, 0) is 22.7 Å². The van der Waals surface area contributed by atoms with Gasteiger partial charge in [0.15, 0.2) is 0 Å². The summed E-state index contributed by atoms with van der Waals surface area (Å²) in [5.41, 5.74) is 1.68. The van der Waals surface area contributed by atoms with Crippen molar-refractivity contribution in [3.05, 3.63) is 21.4 Å². The van der Waals surface area contributed by atoms with Crippen molar-refractivity contribution in [2.75, 3.05) is 14.1 Å². The summed E-state index contributed by atoms with van der Waals surface area (Å²) < 4.78 is 0. The van der Waals surface area contributed by atoms with Gasteiger partial charge in [-0.25, -0.2) is 0 Å². The molecule has 1 aromatic rings. The van der Waals surface area contributed by atoms with Crippen molar-refractivity contribution >= 4 is 29.4 Å². The average Bonchev–Trinajstić information content (AvgIpc) is 3.02. The highest BCUT2D eigenvalue weighted by Crippen LogP contribution is 2.33. The second kappa shape index (κ2) is 6.82. The van der Waals surface area contributed by atoms with Crippen LogP contribution in [0.4, 0.5) is 0 Å². The zero-order valence-corrected chi connectivity index (χ0v) is 13.0. The molecule has 2 heterocycles. The minimum Gasteiger partial charge on any atom is -0.357 e. The molecule has 2 rings (SSSR count). The van der Waals surface area contributed by atoms with Crippen molar-refractivity contribution in [2.45, 2.75) is 32.0 Å². The Kier molecular flexibility index (Phi) is 5.08. The van der Waals surface area contributed by atoms with Gasteiger partial charge in [-0.15, -0.1) is 11.3 Å². The van der Waals surface area contributed by atoms with Crippen LogP contribution in [0.1, 0.15) is 33.6 Å². The molecule has 1 aliphatic heterocycles. The molecule has 0 bridgehead atoms. The highest BCUT2D eigenvalue weighted by Gasteiger charge is 2.37. The Hall–Kier alpha value is -1.73. The summed E-state index contributed by atoms with van der Waals surface area (Å²) in [5.74, 6) is -0.350. The number of carbonyl (C=O) groups is 3. The first-order valence-electron chi connectivity index (χ1n) is 6.84. The smallest absolute Gasteiger partial charge is 0.256 e. The molecule has 0 spiro atoms. The Balaban J connectivity index is 2.22. The van der Waals surface area contributed by atoms with Crippen molar-refractivity contribution in [2.24, 2.45) is 0 Å². The molecule has 0 aliphatic carbocycles. The molecule has 1 aromatic heterocycles. The molecule has 6 nitrogen and oxygen atoms in total. The van der Waals surface area contributed by atoms with Gasteiger partial charge in [-0.05, 0) is 19.0 Å². The third kappa shape index (κ3) is 2.98. The topological polar surface area (TPSA) is 78.5 Å². The first-order valence-corrected chi connectivity index (χ1v) is 7.72. The van der Waals surface area contributed by atoms with Crippen molar-refractivity contribution in [3.8, 4) is 0 Å². The number of nitrogens with one attached hydrogen (secondary N) is 2. The molecule has 114 valence electrons. The molecule has 0 saturated carbocycles. The standard InChI is InChI=1S/C14H19N3O3S/c1-15-6-12-9-7-17(14(20)10(9)8-21-12)11(4-3-5-18)13(19)16-2/h5,8,11,15H,3-4,6-7H2,1-2H3,(H,16,19). The van der Waals surface area contributed by atoms with E-state index in [0.717, 1.165) is 16.7 Å². The van der Waals surface area contributed by atoms with E-state index in [1.54, 1.807) is 23.3 Å². The highest BCUT2D eigenvalue weighted by molar-refractivity contribution is 7.10. The lowest BCUT2D eigenvalue weighted by Crippen LogP contribution is -2.46. The minimum atomic E-state index is -0.590. The predicted molar refractivity (Wildman–Crippen MR) is 80.1 cm³/mol. The summed E-state index contributed by atoms with van der Waals surface area (Å²) in [6.45, 7) is 1.14. The zero-order valence-electron chi connectivity index (χ0n) is 12.1. The van der Waals surface area contributed by atoms with Crippen LogP contribution in [0.25, 0.3) is 0 Å². The summed E-state index contributed by atoms with van der Waals surface area (Å²) in [7, 11) is 3.40. The van der Waals surface area contributed by atoms with Crippen LogP contribution in [0, 0.1) is 0 Å². The molecule has 1 aliphatic rings. The predicted octanol–water partition coefficient (Wildman–Crippen LogP) is 0.517. The lowest BCUT2D eigenvalue weighted by atomic mass is 10.1. The molecule has 1 atom stereocenters. The average molecular weight is 309 g/mol. The fraction of sp³-hybridized carbons (Fsp3) is 0.500. The normalized spacial score (nSPS) is 15.0. The summed E-state index contributed by atoms with van der Waals surface area (Å²) in [5, 5.41) is 7.51. The third-order valence-electron chi connectivity index (χ3n) is 3.62. The van der Waals surface area contributed by atoms with E-state index in [2.05, 4.69) is 10.6 Å². The van der Waals surface area contributed by atoms with Gasteiger partial charge >= 0.3 is 0 Å². The molecular formula is C14H19N3O3S. The highest BCUT2D eigenvalue weighted by atomic mass is 32.1. The van der Waals surface area contributed by atoms with Gasteiger partial charge in [-0.1, -0.05) is 0 Å². The van der Waals surface area contributed by atoms with E-state index in [1.807, 2.05) is 12.4 Å². The van der Waals surface area contributed by atoms with Gasteiger partial charge in [0.25, 0.3) is 5.91 Å². The summed E-state index contributed by atoms with van der Waals surface area (Å²) >= 11 is 1.56. The van der Waals surface area contributed by atoms with Crippen LogP contribution < -0.4 is 10.6 Å². The molecule has 0 radical (unpaired) electrons. The van der Waals surface area contributed by atoms with E-state index in [-0.39, 0.29) is 18.2 Å². The van der Waals surface area contributed by atoms with E-state index in [0.29, 0.717) is 25.1 Å². The van der Waals surface area contributed by atoms with E-state index < -0.39 is 6.04 Å². The Labute approximate surface area is 127 Å². The Morgan fingerprint density at radius 3 is 2.90 bits per heavy atom. The number of nitrogens with zero attached hydrogens (tertiary/aromatic N) is 1. The van der Waals surface area contributed by atoms with Gasteiger partial charge < -0.3 is 20.3 Å². The second-order valence-electron chi connectivity index (χ2n) is 4.89. The van der Waals surface area contributed by atoms with E-state index >= 15 is 0 Å². The molecule has 0 saturated heterocycles. The number of fused-ring (bicyclic) bond motifs is 1. The van der Waals surface area contributed by atoms with Gasteiger partial charge in [0.2, 0.25) is 5.91 Å². The number of thiophene rings is 1. The lowest BCUT2D eigenvalue weighted by molar-refractivity contribution is -0.125. The molecule has 7 heteroatoms. The number of aldehydes is 1. The van der Waals surface area contributed by atoms with Crippen LogP contribution in [0.3, 0.4) is 0 Å². The summed E-state index contributed by atoms with van der Waals surface area (Å²) in [6.07, 6.45) is 1.39. The third-order valence-corrected chi connectivity index (χ3v) is 4.65. The lowest BCUT2D eigenvalue weighted by Gasteiger charge is -2.26.